The van der Waals surface area contributed by atoms with Crippen LogP contribution in [-0.4, -0.2) is 10.9 Å². The number of aromatic nitrogens is 1. The Morgan fingerprint density at radius 1 is 1.35 bits per heavy atom. The van der Waals surface area contributed by atoms with Crippen LogP contribution in [0.4, 0.5) is 5.69 Å². The van der Waals surface area contributed by atoms with Crippen molar-refractivity contribution in [2.45, 2.75) is 12.8 Å². The highest BCUT2D eigenvalue weighted by molar-refractivity contribution is 6.30. The fraction of sp³-hybridized carbons (Fsp3) is 0.105. The molecule has 0 aliphatic carbocycles. The molecule has 0 spiro atoms. The summed E-state index contributed by atoms with van der Waals surface area (Å²) in [6.07, 6.45) is 3.22. The molecule has 130 valence electrons. The van der Waals surface area contributed by atoms with Gasteiger partial charge in [0, 0.05) is 23.1 Å². The van der Waals surface area contributed by atoms with Gasteiger partial charge in [-0.2, -0.15) is 5.26 Å². The molecule has 0 radical (unpaired) electrons. The van der Waals surface area contributed by atoms with Crippen LogP contribution in [0.15, 0.2) is 71.6 Å². The van der Waals surface area contributed by atoms with Crippen LogP contribution in [0.5, 0.6) is 0 Å². The van der Waals surface area contributed by atoms with Crippen LogP contribution >= 0.6 is 11.6 Å². The van der Waals surface area contributed by atoms with E-state index in [0.717, 1.165) is 0 Å². The molecule has 3 rings (SSSR count). The molecule has 1 aromatic heterocycles. The number of halogens is 1. The fourth-order valence-corrected chi connectivity index (χ4v) is 2.91. The van der Waals surface area contributed by atoms with Crippen molar-refractivity contribution < 1.29 is 9.53 Å². The van der Waals surface area contributed by atoms with Gasteiger partial charge in [-0.05, 0) is 42.8 Å². The fourth-order valence-electron chi connectivity index (χ4n) is 2.79. The average Bonchev–Trinajstić information content (AvgIpc) is 2.63. The molecule has 0 saturated carbocycles. The van der Waals surface area contributed by atoms with Crippen molar-refractivity contribution in [3.05, 3.63) is 82.2 Å². The van der Waals surface area contributed by atoms with Crippen LogP contribution in [-0.2, 0) is 9.53 Å². The highest BCUT2D eigenvalue weighted by Gasteiger charge is 2.35. The van der Waals surface area contributed by atoms with Crippen LogP contribution in [0.25, 0.3) is 0 Å². The molecule has 1 amide bonds. The zero-order valence-corrected chi connectivity index (χ0v) is 14.6. The Balaban J connectivity index is 2.02. The van der Waals surface area contributed by atoms with Gasteiger partial charge in [0.2, 0.25) is 5.88 Å². The minimum Gasteiger partial charge on any atom is -0.445 e. The normalized spacial score (nSPS) is 16.7. The quantitative estimate of drug-likeness (QED) is 0.866. The molecular weight excluding hydrogens is 352 g/mol. The van der Waals surface area contributed by atoms with Crippen molar-refractivity contribution in [1.82, 2.24) is 4.98 Å². The van der Waals surface area contributed by atoms with E-state index in [1.807, 2.05) is 6.07 Å². The number of anilines is 1. The summed E-state index contributed by atoms with van der Waals surface area (Å²) in [6, 6.07) is 12.3. The van der Waals surface area contributed by atoms with Gasteiger partial charge in [-0.25, -0.2) is 0 Å². The van der Waals surface area contributed by atoms with Gasteiger partial charge < -0.3 is 15.8 Å². The van der Waals surface area contributed by atoms with E-state index in [4.69, 9.17) is 22.1 Å². The third-order valence-corrected chi connectivity index (χ3v) is 4.22. The number of allylic oxidation sites excluding steroid dienone is 2. The highest BCUT2D eigenvalue weighted by Crippen LogP contribution is 2.39. The number of nitrogens with zero attached hydrogens (tertiary/aromatic N) is 2. The monoisotopic (exact) mass is 366 g/mol. The Labute approximate surface area is 155 Å². The lowest BCUT2D eigenvalue weighted by atomic mass is 9.83. The molecule has 1 aromatic carbocycles. The summed E-state index contributed by atoms with van der Waals surface area (Å²) in [6.45, 7) is 1.64. The largest absolute Gasteiger partial charge is 0.445 e. The zero-order chi connectivity index (χ0) is 18.7. The first-order valence-corrected chi connectivity index (χ1v) is 8.14. The minimum atomic E-state index is -0.658. The maximum absolute atomic E-state index is 12.9. The van der Waals surface area contributed by atoms with Gasteiger partial charge in [-0.1, -0.05) is 17.7 Å². The van der Waals surface area contributed by atoms with Crippen molar-refractivity contribution >= 4 is 23.2 Å². The Bertz CT molecular complexity index is 944. The number of amides is 1. The lowest BCUT2D eigenvalue weighted by Gasteiger charge is -2.27. The van der Waals surface area contributed by atoms with Crippen molar-refractivity contribution in [2.24, 2.45) is 5.73 Å². The molecule has 26 heavy (non-hydrogen) atoms. The first-order chi connectivity index (χ1) is 12.5. The van der Waals surface area contributed by atoms with E-state index in [-0.39, 0.29) is 17.4 Å². The molecule has 0 unspecified atom stereocenters. The third kappa shape index (κ3) is 3.39. The summed E-state index contributed by atoms with van der Waals surface area (Å²) in [4.78, 5) is 17.0. The Morgan fingerprint density at radius 3 is 2.69 bits per heavy atom. The van der Waals surface area contributed by atoms with E-state index in [2.05, 4.69) is 10.3 Å². The number of rotatable bonds is 3. The number of nitrogens with two attached hydrogens (primary N) is 1. The molecule has 0 fully saturated rings. The van der Waals surface area contributed by atoms with Crippen LogP contribution in [0.1, 0.15) is 18.4 Å². The number of benzene rings is 1. The van der Waals surface area contributed by atoms with Crippen LogP contribution in [0, 0.1) is 11.3 Å². The maximum Gasteiger partial charge on any atom is 0.255 e. The van der Waals surface area contributed by atoms with E-state index in [9.17, 15) is 10.1 Å². The van der Waals surface area contributed by atoms with E-state index in [0.29, 0.717) is 27.6 Å². The third-order valence-electron chi connectivity index (χ3n) is 3.97. The summed E-state index contributed by atoms with van der Waals surface area (Å²) in [5, 5.41) is 12.9. The predicted molar refractivity (Wildman–Crippen MR) is 97.7 cm³/mol. The summed E-state index contributed by atoms with van der Waals surface area (Å²) >= 11 is 5.87. The summed E-state index contributed by atoms with van der Waals surface area (Å²) in [5.74, 6) is -0.725. The van der Waals surface area contributed by atoms with Crippen molar-refractivity contribution in [3.8, 4) is 6.07 Å². The van der Waals surface area contributed by atoms with Gasteiger partial charge in [0.25, 0.3) is 5.91 Å². The number of ether oxygens (including phenoxy) is 1. The summed E-state index contributed by atoms with van der Waals surface area (Å²) < 4.78 is 5.44. The lowest BCUT2D eigenvalue weighted by molar-refractivity contribution is -0.113. The molecule has 0 saturated heterocycles. The number of hydrogen-bond donors (Lipinski definition) is 2. The molecule has 3 N–H and O–H groups in total. The molecule has 6 nitrogen and oxygen atoms in total. The van der Waals surface area contributed by atoms with Gasteiger partial charge in [0.1, 0.15) is 17.4 Å². The van der Waals surface area contributed by atoms with Crippen LogP contribution in [0.2, 0.25) is 5.02 Å². The number of nitrogens with one attached hydrogen (secondary N) is 1. The molecule has 7 heteroatoms. The van der Waals surface area contributed by atoms with Gasteiger partial charge in [0.15, 0.2) is 0 Å². The SMILES string of the molecule is CC1=C(C(=O)Nc2ccc(Cl)cc2)[C@@H](c2cccnc2)C(C#N)=C(N)O1. The van der Waals surface area contributed by atoms with Gasteiger partial charge in [0.05, 0.1) is 11.5 Å². The van der Waals surface area contributed by atoms with Crippen molar-refractivity contribution in [1.29, 1.82) is 5.26 Å². The van der Waals surface area contributed by atoms with E-state index >= 15 is 0 Å². The molecule has 0 bridgehead atoms. The van der Waals surface area contributed by atoms with E-state index in [1.165, 1.54) is 0 Å². The van der Waals surface area contributed by atoms with Crippen molar-refractivity contribution in [3.63, 3.8) is 0 Å². The minimum absolute atomic E-state index is 0.0121. The van der Waals surface area contributed by atoms with E-state index < -0.39 is 5.92 Å². The smallest absolute Gasteiger partial charge is 0.255 e. The van der Waals surface area contributed by atoms with Gasteiger partial charge in [-0.3, -0.25) is 9.78 Å². The number of pyridine rings is 1. The van der Waals surface area contributed by atoms with Gasteiger partial charge in [-0.15, -0.1) is 0 Å². The molecule has 1 aliphatic rings. The van der Waals surface area contributed by atoms with Crippen LogP contribution in [0.3, 0.4) is 0 Å². The van der Waals surface area contributed by atoms with Gasteiger partial charge >= 0.3 is 0 Å². The highest BCUT2D eigenvalue weighted by atomic mass is 35.5. The second-order valence-electron chi connectivity index (χ2n) is 5.64. The topological polar surface area (TPSA) is 101 Å². The predicted octanol–water partition coefficient (Wildman–Crippen LogP) is 3.46. The molecule has 1 aliphatic heterocycles. The molecule has 2 heterocycles. The second kappa shape index (κ2) is 7.30. The molecule has 2 aromatic rings. The number of carbonyl (C=O) groups excluding carboxylic acids is 1. The summed E-state index contributed by atoms with van der Waals surface area (Å²) in [7, 11) is 0. The first-order valence-electron chi connectivity index (χ1n) is 7.76. The molecular formula is C19H15ClN4O2. The first kappa shape index (κ1) is 17.5. The summed E-state index contributed by atoms with van der Waals surface area (Å²) in [5.41, 5.74) is 7.60. The lowest BCUT2D eigenvalue weighted by Crippen LogP contribution is -2.27. The van der Waals surface area contributed by atoms with E-state index in [1.54, 1.807) is 55.7 Å². The maximum atomic E-state index is 12.9. The Kier molecular flexibility index (Phi) is 4.92. The Hall–Kier alpha value is -3.30. The number of nitriles is 1. The second-order valence-corrected chi connectivity index (χ2v) is 6.08. The number of hydrogen-bond acceptors (Lipinski definition) is 5. The Morgan fingerprint density at radius 2 is 2.08 bits per heavy atom. The standard InChI is InChI=1S/C19H15ClN4O2/c1-11-16(19(25)24-14-6-4-13(20)5-7-14)17(12-3-2-8-23-10-12)15(9-21)18(22)26-11/h2-8,10,17H,22H2,1H3,(H,24,25)/t17-/m0/s1. The number of carbonyl (C=O) groups is 1. The zero-order valence-electron chi connectivity index (χ0n) is 13.9. The average molecular weight is 367 g/mol. The van der Waals surface area contributed by atoms with Crippen LogP contribution < -0.4 is 11.1 Å². The van der Waals surface area contributed by atoms with Crippen molar-refractivity contribution in [2.75, 3.05) is 5.32 Å². The molecule has 1 atom stereocenters.